The van der Waals surface area contributed by atoms with E-state index in [0.29, 0.717) is 18.7 Å². The lowest BCUT2D eigenvalue weighted by Crippen LogP contribution is -2.35. The predicted octanol–water partition coefficient (Wildman–Crippen LogP) is 4.48. The van der Waals surface area contributed by atoms with Crippen LogP contribution in [0.4, 0.5) is 17.6 Å². The number of sulfone groups is 1. The van der Waals surface area contributed by atoms with Crippen LogP contribution in [0.5, 0.6) is 0 Å². The average molecular weight is 584 g/mol. The van der Waals surface area contributed by atoms with Crippen molar-refractivity contribution in [2.75, 3.05) is 26.9 Å². The predicted molar refractivity (Wildman–Crippen MR) is 137 cm³/mol. The number of alkyl halides is 3. The number of ether oxygens (including phenoxy) is 2. The Morgan fingerprint density at radius 3 is 2.52 bits per heavy atom. The van der Waals surface area contributed by atoms with Crippen LogP contribution < -0.4 is 0 Å². The van der Waals surface area contributed by atoms with Crippen LogP contribution in [0.15, 0.2) is 59.9 Å². The van der Waals surface area contributed by atoms with Gasteiger partial charge in [-0.3, -0.25) is 4.79 Å². The Balaban J connectivity index is 1.66. The molecule has 0 saturated carbocycles. The van der Waals surface area contributed by atoms with E-state index in [-0.39, 0.29) is 48.6 Å². The molecule has 2 heterocycles. The summed E-state index contributed by atoms with van der Waals surface area (Å²) in [5.41, 5.74) is -0.484. The first-order chi connectivity index (χ1) is 19.0. The monoisotopic (exact) mass is 583 g/mol. The third-order valence-electron chi connectivity index (χ3n) is 6.56. The molecule has 1 aliphatic rings. The van der Waals surface area contributed by atoms with Crippen LogP contribution in [-0.4, -0.2) is 61.7 Å². The van der Waals surface area contributed by atoms with E-state index in [9.17, 15) is 30.8 Å². The summed E-state index contributed by atoms with van der Waals surface area (Å²) in [7, 11) is -2.67. The molecule has 1 aromatic heterocycles. The molecule has 1 amide bonds. The third kappa shape index (κ3) is 7.07. The van der Waals surface area contributed by atoms with E-state index in [1.165, 1.54) is 41.0 Å². The Hall–Kier alpha value is -3.29. The maximum atomic E-state index is 14.3. The quantitative estimate of drug-likeness (QED) is 0.309. The lowest BCUT2D eigenvalue weighted by atomic mass is 10.1. The van der Waals surface area contributed by atoms with Crippen LogP contribution in [0.3, 0.4) is 0 Å². The Morgan fingerprint density at radius 1 is 1.18 bits per heavy atom. The highest BCUT2D eigenvalue weighted by Crippen LogP contribution is 2.29. The molecule has 0 aliphatic carbocycles. The number of rotatable bonds is 11. The maximum absolute atomic E-state index is 14.3. The van der Waals surface area contributed by atoms with Gasteiger partial charge < -0.3 is 18.9 Å². The number of benzene rings is 2. The molecule has 216 valence electrons. The van der Waals surface area contributed by atoms with E-state index in [4.69, 9.17) is 9.47 Å². The van der Waals surface area contributed by atoms with Gasteiger partial charge in [0.05, 0.1) is 49.0 Å². The van der Waals surface area contributed by atoms with Gasteiger partial charge in [-0.2, -0.15) is 13.2 Å². The minimum Gasteiger partial charge on any atom is -0.383 e. The first-order valence-electron chi connectivity index (χ1n) is 12.6. The summed E-state index contributed by atoms with van der Waals surface area (Å²) in [5, 5.41) is -0.282. The molecular formula is C27H29F4N3O5S. The summed E-state index contributed by atoms with van der Waals surface area (Å²) in [6, 6.07) is 9.42. The maximum Gasteiger partial charge on any atom is 0.416 e. The zero-order valence-electron chi connectivity index (χ0n) is 21.7. The van der Waals surface area contributed by atoms with Gasteiger partial charge in [-0.15, -0.1) is 0 Å². The summed E-state index contributed by atoms with van der Waals surface area (Å²) in [6.07, 6.45) is -1.99. The topological polar surface area (TPSA) is 90.7 Å². The van der Waals surface area contributed by atoms with E-state index in [1.807, 2.05) is 0 Å². The van der Waals surface area contributed by atoms with Gasteiger partial charge >= 0.3 is 6.18 Å². The molecule has 0 spiro atoms. The summed E-state index contributed by atoms with van der Waals surface area (Å²) < 4.78 is 92.4. The minimum atomic E-state index is -4.54. The molecule has 0 radical (unpaired) electrons. The lowest BCUT2D eigenvalue weighted by Gasteiger charge is -2.24. The second kappa shape index (κ2) is 12.5. The third-order valence-corrected chi connectivity index (χ3v) is 8.13. The molecule has 0 unspecified atom stereocenters. The fourth-order valence-electron chi connectivity index (χ4n) is 4.47. The molecular weight excluding hydrogens is 554 g/mol. The van der Waals surface area contributed by atoms with Crippen molar-refractivity contribution in [1.82, 2.24) is 14.5 Å². The molecule has 1 saturated heterocycles. The van der Waals surface area contributed by atoms with Gasteiger partial charge in [0.2, 0.25) is 15.0 Å². The molecule has 40 heavy (non-hydrogen) atoms. The minimum absolute atomic E-state index is 0.00470. The first kappa shape index (κ1) is 29.7. The molecule has 1 atom stereocenters. The Morgan fingerprint density at radius 2 is 1.90 bits per heavy atom. The van der Waals surface area contributed by atoms with Crippen molar-refractivity contribution in [2.45, 2.75) is 49.1 Å². The lowest BCUT2D eigenvalue weighted by molar-refractivity contribution is -0.137. The van der Waals surface area contributed by atoms with Crippen molar-refractivity contribution in [3.63, 3.8) is 0 Å². The number of halogens is 4. The van der Waals surface area contributed by atoms with E-state index in [0.717, 1.165) is 30.7 Å². The van der Waals surface area contributed by atoms with Gasteiger partial charge in [0.15, 0.2) is 0 Å². The van der Waals surface area contributed by atoms with E-state index in [2.05, 4.69) is 4.98 Å². The van der Waals surface area contributed by atoms with Gasteiger partial charge in [0, 0.05) is 31.4 Å². The zero-order valence-corrected chi connectivity index (χ0v) is 22.5. The summed E-state index contributed by atoms with van der Waals surface area (Å²) in [6.45, 7) is 0.785. The molecule has 13 heteroatoms. The first-order valence-corrected chi connectivity index (χ1v) is 14.2. The Labute approximate surface area is 229 Å². The number of carbonyl (C=O) groups is 1. The van der Waals surface area contributed by atoms with Gasteiger partial charge in [0.1, 0.15) is 5.82 Å². The van der Waals surface area contributed by atoms with Gasteiger partial charge in [0.25, 0.3) is 5.91 Å². The fourth-order valence-corrected chi connectivity index (χ4v) is 5.99. The standard InChI is InChI=1S/C27H29F4N3O5S/c1-38-14-12-33(25(35)19-8-10-21(11-9-19)27(29,30)31)16-22-15-32-26(34(22)17-23-6-4-13-39-23)40(36,37)18-20-5-2-3-7-24(20)28/h2-3,5,7-11,15,23H,4,6,12-14,16-18H2,1H3/t23-/m1/s1. The summed E-state index contributed by atoms with van der Waals surface area (Å²) >= 11 is 0. The van der Waals surface area contributed by atoms with Crippen LogP contribution >= 0.6 is 0 Å². The highest BCUT2D eigenvalue weighted by atomic mass is 32.2. The normalized spacial score (nSPS) is 15.9. The van der Waals surface area contributed by atoms with Crippen LogP contribution in [0, 0.1) is 5.82 Å². The molecule has 2 aromatic carbocycles. The van der Waals surface area contributed by atoms with Gasteiger partial charge in [-0.05, 0) is 43.2 Å². The highest BCUT2D eigenvalue weighted by molar-refractivity contribution is 7.90. The van der Waals surface area contributed by atoms with Crippen LogP contribution in [0.2, 0.25) is 0 Å². The second-order valence-electron chi connectivity index (χ2n) is 9.42. The SMILES string of the molecule is COCCN(Cc1cnc(S(=O)(=O)Cc2ccccc2F)n1C[C@H]1CCCO1)C(=O)c1ccc(C(F)(F)F)cc1. The Kier molecular flexibility index (Phi) is 9.26. The van der Waals surface area contributed by atoms with E-state index in [1.54, 1.807) is 6.07 Å². The van der Waals surface area contributed by atoms with Crippen molar-refractivity contribution in [3.05, 3.63) is 82.9 Å². The average Bonchev–Trinajstić information content (AvgIpc) is 3.58. The molecule has 8 nitrogen and oxygen atoms in total. The number of carbonyl (C=O) groups excluding carboxylic acids is 1. The van der Waals surface area contributed by atoms with Crippen LogP contribution in [0.25, 0.3) is 0 Å². The molecule has 1 fully saturated rings. The van der Waals surface area contributed by atoms with E-state index < -0.39 is 39.1 Å². The van der Waals surface area contributed by atoms with Crippen molar-refractivity contribution < 1.29 is 40.2 Å². The number of nitrogens with zero attached hydrogens (tertiary/aromatic N) is 3. The van der Waals surface area contributed by atoms with Crippen LogP contribution in [0.1, 0.15) is 40.0 Å². The van der Waals surface area contributed by atoms with Crippen molar-refractivity contribution in [3.8, 4) is 0 Å². The molecule has 0 bridgehead atoms. The number of methoxy groups -OCH3 is 1. The number of hydrogen-bond acceptors (Lipinski definition) is 6. The number of imidazole rings is 1. The number of hydrogen-bond donors (Lipinski definition) is 0. The summed E-state index contributed by atoms with van der Waals surface area (Å²) in [4.78, 5) is 18.8. The van der Waals surface area contributed by atoms with Crippen LogP contribution in [-0.2, 0) is 44.3 Å². The molecule has 3 aromatic rings. The molecule has 0 N–H and O–H groups in total. The van der Waals surface area contributed by atoms with Gasteiger partial charge in [-0.25, -0.2) is 17.8 Å². The largest absolute Gasteiger partial charge is 0.416 e. The zero-order chi connectivity index (χ0) is 28.9. The highest BCUT2D eigenvalue weighted by Gasteiger charge is 2.31. The van der Waals surface area contributed by atoms with E-state index >= 15 is 0 Å². The fraction of sp³-hybridized carbons (Fsp3) is 0.407. The summed E-state index contributed by atoms with van der Waals surface area (Å²) in [5.74, 6) is -1.83. The number of amides is 1. The second-order valence-corrected chi connectivity index (χ2v) is 11.3. The van der Waals surface area contributed by atoms with Crippen molar-refractivity contribution >= 4 is 15.7 Å². The molecule has 4 rings (SSSR count). The molecule has 1 aliphatic heterocycles. The Bertz CT molecular complexity index is 1420. The van der Waals surface area contributed by atoms with Crippen molar-refractivity contribution in [1.29, 1.82) is 0 Å². The van der Waals surface area contributed by atoms with Crippen molar-refractivity contribution in [2.24, 2.45) is 0 Å². The van der Waals surface area contributed by atoms with Gasteiger partial charge in [-0.1, -0.05) is 18.2 Å². The number of aromatic nitrogens is 2. The smallest absolute Gasteiger partial charge is 0.383 e.